The van der Waals surface area contributed by atoms with Crippen LogP contribution in [0.2, 0.25) is 0 Å². The van der Waals surface area contributed by atoms with E-state index < -0.39 is 5.91 Å². The molecule has 2 rings (SSSR count). The van der Waals surface area contributed by atoms with Crippen molar-refractivity contribution in [1.29, 1.82) is 0 Å². The van der Waals surface area contributed by atoms with Gasteiger partial charge >= 0.3 is 0 Å². The summed E-state index contributed by atoms with van der Waals surface area (Å²) in [4.78, 5) is 12.2. The van der Waals surface area contributed by atoms with E-state index in [1.165, 1.54) is 12.3 Å². The van der Waals surface area contributed by atoms with Gasteiger partial charge < -0.3 is 10.2 Å². The minimum Gasteiger partial charge on any atom is -0.508 e. The first-order valence-electron chi connectivity index (χ1n) is 7.53. The quantitative estimate of drug-likeness (QED) is 0.586. The van der Waals surface area contributed by atoms with E-state index in [1.807, 2.05) is 13.8 Å². The Bertz CT molecular complexity index is 739. The molecule has 5 heteroatoms. The number of aromatic hydroxyl groups is 2. The lowest BCUT2D eigenvalue weighted by Gasteiger charge is -2.08. The normalized spacial score (nSPS) is 10.9. The van der Waals surface area contributed by atoms with Gasteiger partial charge in [0.25, 0.3) is 5.91 Å². The predicted molar refractivity (Wildman–Crippen MR) is 90.0 cm³/mol. The number of hydrogen-bond acceptors (Lipinski definition) is 4. The Morgan fingerprint density at radius 2 is 1.87 bits per heavy atom. The molecule has 0 radical (unpaired) electrons. The van der Waals surface area contributed by atoms with Crippen LogP contribution in [-0.4, -0.2) is 22.3 Å². The lowest BCUT2D eigenvalue weighted by Crippen LogP contribution is -2.19. The van der Waals surface area contributed by atoms with E-state index in [0.29, 0.717) is 6.42 Å². The molecule has 0 atom stereocenters. The minimum atomic E-state index is -0.451. The predicted octanol–water partition coefficient (Wildman–Crippen LogP) is 2.99. The molecule has 1 amide bonds. The number of nitrogens with one attached hydrogen (secondary N) is 1. The zero-order valence-corrected chi connectivity index (χ0v) is 13.2. The number of rotatable bonds is 5. The van der Waals surface area contributed by atoms with Crippen LogP contribution in [0.4, 0.5) is 0 Å². The average Bonchev–Trinajstić information content (AvgIpc) is 2.55. The number of amides is 1. The van der Waals surface area contributed by atoms with Gasteiger partial charge in [0.2, 0.25) is 0 Å². The molecule has 0 saturated carbocycles. The molecule has 0 fully saturated rings. The number of hydrazone groups is 1. The van der Waals surface area contributed by atoms with Gasteiger partial charge in [-0.1, -0.05) is 26.0 Å². The standard InChI is InChI=1S/C18H20N2O3/c1-3-12-6-5-7-16(22)17(12)18(23)20-19-11-14-8-9-15(21)10-13(14)4-2/h5-11,21-22H,3-4H2,1-2H3,(H,20,23). The van der Waals surface area contributed by atoms with Crippen LogP contribution in [-0.2, 0) is 12.8 Å². The lowest BCUT2D eigenvalue weighted by atomic mass is 10.0. The second-order valence-corrected chi connectivity index (χ2v) is 5.10. The van der Waals surface area contributed by atoms with E-state index in [0.717, 1.165) is 23.1 Å². The number of carbonyl (C=O) groups excluding carboxylic acids is 1. The van der Waals surface area contributed by atoms with Crippen molar-refractivity contribution < 1.29 is 15.0 Å². The maximum atomic E-state index is 12.2. The van der Waals surface area contributed by atoms with E-state index in [-0.39, 0.29) is 17.1 Å². The largest absolute Gasteiger partial charge is 0.508 e. The Hall–Kier alpha value is -2.82. The van der Waals surface area contributed by atoms with Gasteiger partial charge in [0.1, 0.15) is 11.5 Å². The van der Waals surface area contributed by atoms with Crippen molar-refractivity contribution in [3.63, 3.8) is 0 Å². The Morgan fingerprint density at radius 3 is 2.57 bits per heavy atom. The summed E-state index contributed by atoms with van der Waals surface area (Å²) in [5.41, 5.74) is 5.19. The zero-order chi connectivity index (χ0) is 16.8. The highest BCUT2D eigenvalue weighted by molar-refractivity contribution is 5.98. The monoisotopic (exact) mass is 312 g/mol. The first kappa shape index (κ1) is 16.5. The summed E-state index contributed by atoms with van der Waals surface area (Å²) in [6, 6.07) is 9.96. The molecule has 120 valence electrons. The highest BCUT2D eigenvalue weighted by atomic mass is 16.3. The van der Waals surface area contributed by atoms with Gasteiger partial charge in [0, 0.05) is 0 Å². The summed E-state index contributed by atoms with van der Waals surface area (Å²) in [6.07, 6.45) is 2.91. The zero-order valence-electron chi connectivity index (χ0n) is 13.2. The number of phenols is 2. The van der Waals surface area contributed by atoms with Gasteiger partial charge in [-0.25, -0.2) is 5.43 Å². The third-order valence-electron chi connectivity index (χ3n) is 3.61. The Labute approximate surface area is 135 Å². The fourth-order valence-corrected chi connectivity index (χ4v) is 2.38. The van der Waals surface area contributed by atoms with Crippen LogP contribution in [0.25, 0.3) is 0 Å². The highest BCUT2D eigenvalue weighted by Gasteiger charge is 2.14. The second-order valence-electron chi connectivity index (χ2n) is 5.10. The molecule has 0 unspecified atom stereocenters. The molecule has 0 spiro atoms. The Morgan fingerprint density at radius 1 is 1.13 bits per heavy atom. The van der Waals surface area contributed by atoms with Crippen molar-refractivity contribution in [2.75, 3.05) is 0 Å². The molecule has 0 aromatic heterocycles. The molecule has 0 saturated heterocycles. The molecule has 0 aliphatic carbocycles. The molecule has 5 nitrogen and oxygen atoms in total. The number of carbonyl (C=O) groups is 1. The van der Waals surface area contributed by atoms with E-state index >= 15 is 0 Å². The molecule has 0 aliphatic rings. The third kappa shape index (κ3) is 3.88. The van der Waals surface area contributed by atoms with Crippen LogP contribution in [0.1, 0.15) is 40.9 Å². The Kier molecular flexibility index (Phi) is 5.36. The summed E-state index contributed by atoms with van der Waals surface area (Å²) in [5.74, 6) is -0.311. The van der Waals surface area contributed by atoms with Gasteiger partial charge in [-0.05, 0) is 53.8 Å². The first-order valence-corrected chi connectivity index (χ1v) is 7.53. The number of nitrogens with zero attached hydrogens (tertiary/aromatic N) is 1. The highest BCUT2D eigenvalue weighted by Crippen LogP contribution is 2.21. The Balaban J connectivity index is 2.17. The molecule has 2 aromatic carbocycles. The van der Waals surface area contributed by atoms with Crippen molar-refractivity contribution >= 4 is 12.1 Å². The van der Waals surface area contributed by atoms with E-state index in [4.69, 9.17) is 0 Å². The third-order valence-corrected chi connectivity index (χ3v) is 3.61. The molecular formula is C18H20N2O3. The van der Waals surface area contributed by atoms with Gasteiger partial charge in [-0.3, -0.25) is 4.79 Å². The molecular weight excluding hydrogens is 292 g/mol. The van der Waals surface area contributed by atoms with Gasteiger partial charge in [0.05, 0.1) is 11.8 Å². The van der Waals surface area contributed by atoms with Crippen LogP contribution >= 0.6 is 0 Å². The molecule has 3 N–H and O–H groups in total. The van der Waals surface area contributed by atoms with Crippen molar-refractivity contribution in [2.24, 2.45) is 5.10 Å². The van der Waals surface area contributed by atoms with Crippen LogP contribution < -0.4 is 5.43 Å². The van der Waals surface area contributed by atoms with Gasteiger partial charge in [0.15, 0.2) is 0 Å². The van der Waals surface area contributed by atoms with Crippen LogP contribution in [0.5, 0.6) is 11.5 Å². The second kappa shape index (κ2) is 7.45. The fraction of sp³-hybridized carbons (Fsp3) is 0.222. The van der Waals surface area contributed by atoms with Crippen LogP contribution in [0, 0.1) is 0 Å². The lowest BCUT2D eigenvalue weighted by molar-refractivity contribution is 0.0951. The SMILES string of the molecule is CCc1cc(O)ccc1C=NNC(=O)c1c(O)cccc1CC. The molecule has 23 heavy (non-hydrogen) atoms. The van der Waals surface area contributed by atoms with E-state index in [2.05, 4.69) is 10.5 Å². The van der Waals surface area contributed by atoms with Crippen molar-refractivity contribution in [2.45, 2.75) is 26.7 Å². The number of benzene rings is 2. The molecule has 0 heterocycles. The van der Waals surface area contributed by atoms with Crippen LogP contribution in [0.3, 0.4) is 0 Å². The molecule has 0 aliphatic heterocycles. The van der Waals surface area contributed by atoms with Crippen molar-refractivity contribution in [3.8, 4) is 11.5 Å². The number of phenolic OH excluding ortho intramolecular Hbond substituents is 2. The van der Waals surface area contributed by atoms with Crippen LogP contribution in [0.15, 0.2) is 41.5 Å². The van der Waals surface area contributed by atoms with E-state index in [9.17, 15) is 15.0 Å². The average molecular weight is 312 g/mol. The smallest absolute Gasteiger partial charge is 0.275 e. The van der Waals surface area contributed by atoms with E-state index in [1.54, 1.807) is 30.3 Å². The van der Waals surface area contributed by atoms with Crippen molar-refractivity contribution in [3.05, 3.63) is 58.7 Å². The summed E-state index contributed by atoms with van der Waals surface area (Å²) in [6.45, 7) is 3.89. The molecule has 2 aromatic rings. The maximum absolute atomic E-state index is 12.2. The summed E-state index contributed by atoms with van der Waals surface area (Å²) >= 11 is 0. The van der Waals surface area contributed by atoms with Crippen molar-refractivity contribution in [1.82, 2.24) is 5.43 Å². The van der Waals surface area contributed by atoms with Gasteiger partial charge in [-0.15, -0.1) is 0 Å². The number of hydrogen-bond donors (Lipinski definition) is 3. The molecule has 0 bridgehead atoms. The topological polar surface area (TPSA) is 81.9 Å². The fourth-order valence-electron chi connectivity index (χ4n) is 2.38. The summed E-state index contributed by atoms with van der Waals surface area (Å²) < 4.78 is 0. The first-order chi connectivity index (χ1) is 11.1. The minimum absolute atomic E-state index is 0.0593. The maximum Gasteiger partial charge on any atom is 0.275 e. The van der Waals surface area contributed by atoms with Gasteiger partial charge in [-0.2, -0.15) is 5.10 Å². The summed E-state index contributed by atoms with van der Waals surface area (Å²) in [7, 11) is 0. The number of aryl methyl sites for hydroxylation is 2. The summed E-state index contributed by atoms with van der Waals surface area (Å²) in [5, 5.41) is 23.3.